The molecule has 2 N–H and O–H groups in total. The van der Waals surface area contributed by atoms with E-state index in [0.29, 0.717) is 13.1 Å². The van der Waals surface area contributed by atoms with Crippen LogP contribution in [0.3, 0.4) is 0 Å². The maximum Gasteiger partial charge on any atom is 0.238 e. The molecule has 0 radical (unpaired) electrons. The van der Waals surface area contributed by atoms with Gasteiger partial charge < -0.3 is 15.2 Å². The van der Waals surface area contributed by atoms with Gasteiger partial charge in [0, 0.05) is 37.9 Å². The van der Waals surface area contributed by atoms with Gasteiger partial charge in [0.25, 0.3) is 0 Å². The Labute approximate surface area is 177 Å². The zero-order valence-corrected chi connectivity index (χ0v) is 17.6. The smallest absolute Gasteiger partial charge is 0.238 e. The molecule has 7 heteroatoms. The number of β-amino-alcohol motifs (C(OH)–C–C–N with tert-alkyl or cyclic N) is 1. The predicted molar refractivity (Wildman–Crippen MR) is 115 cm³/mol. The topological polar surface area (TPSA) is 65.0 Å². The van der Waals surface area contributed by atoms with Crippen molar-refractivity contribution in [1.82, 2.24) is 9.80 Å². The van der Waals surface area contributed by atoms with Gasteiger partial charge in [-0.25, -0.2) is 4.39 Å². The first-order chi connectivity index (χ1) is 14.4. The van der Waals surface area contributed by atoms with Crippen molar-refractivity contribution in [3.63, 3.8) is 0 Å². The lowest BCUT2D eigenvalue weighted by atomic mass is 10.1. The Balaban J connectivity index is 1.40. The van der Waals surface area contributed by atoms with Crippen LogP contribution in [-0.4, -0.2) is 72.3 Å². The molecule has 6 nitrogen and oxygen atoms in total. The molecule has 1 aliphatic rings. The van der Waals surface area contributed by atoms with Crippen LogP contribution in [0, 0.1) is 12.7 Å². The highest BCUT2D eigenvalue weighted by molar-refractivity contribution is 5.92. The van der Waals surface area contributed by atoms with E-state index >= 15 is 0 Å². The summed E-state index contributed by atoms with van der Waals surface area (Å²) in [6, 6.07) is 14.1. The van der Waals surface area contributed by atoms with Crippen molar-refractivity contribution in [2.75, 3.05) is 44.6 Å². The Kier molecular flexibility index (Phi) is 7.79. The Morgan fingerprint density at radius 2 is 1.97 bits per heavy atom. The molecule has 1 saturated heterocycles. The Hall–Kier alpha value is -2.48. The normalized spacial score (nSPS) is 18.7. The van der Waals surface area contributed by atoms with Crippen molar-refractivity contribution < 1.29 is 19.0 Å². The van der Waals surface area contributed by atoms with Gasteiger partial charge in [-0.3, -0.25) is 14.6 Å². The number of carbonyl (C=O) groups excluding carboxylic acids is 1. The maximum atomic E-state index is 13.6. The average Bonchev–Trinajstić information content (AvgIpc) is 2.71. The fraction of sp³-hybridized carbons (Fsp3) is 0.435. The molecule has 0 bridgehead atoms. The van der Waals surface area contributed by atoms with Crippen LogP contribution in [-0.2, 0) is 4.79 Å². The number of hydrogen-bond acceptors (Lipinski definition) is 5. The summed E-state index contributed by atoms with van der Waals surface area (Å²) < 4.78 is 19.0. The summed E-state index contributed by atoms with van der Waals surface area (Å²) in [6.45, 7) is 7.13. The van der Waals surface area contributed by atoms with Crippen LogP contribution in [0.1, 0.15) is 12.5 Å². The summed E-state index contributed by atoms with van der Waals surface area (Å²) in [5, 5.41) is 13.2. The number of nitrogens with zero attached hydrogens (tertiary/aromatic N) is 2. The molecule has 0 spiro atoms. The molecule has 1 aliphatic heterocycles. The van der Waals surface area contributed by atoms with E-state index in [4.69, 9.17) is 4.74 Å². The van der Waals surface area contributed by atoms with Crippen molar-refractivity contribution >= 4 is 11.6 Å². The molecule has 1 fully saturated rings. The number of aliphatic hydroxyl groups is 1. The second kappa shape index (κ2) is 10.5. The third-order valence-corrected chi connectivity index (χ3v) is 5.26. The number of hydrogen-bond donors (Lipinski definition) is 2. The zero-order chi connectivity index (χ0) is 21.5. The van der Waals surface area contributed by atoms with Crippen LogP contribution in [0.2, 0.25) is 0 Å². The molecule has 2 atom stereocenters. The van der Waals surface area contributed by atoms with E-state index in [1.54, 1.807) is 18.2 Å². The quantitative estimate of drug-likeness (QED) is 0.694. The van der Waals surface area contributed by atoms with Crippen LogP contribution >= 0.6 is 0 Å². The van der Waals surface area contributed by atoms with E-state index < -0.39 is 11.9 Å². The van der Waals surface area contributed by atoms with Crippen molar-refractivity contribution in [2.24, 2.45) is 0 Å². The molecule has 2 unspecified atom stereocenters. The summed E-state index contributed by atoms with van der Waals surface area (Å²) in [4.78, 5) is 16.6. The maximum absolute atomic E-state index is 13.6. The van der Waals surface area contributed by atoms with E-state index in [2.05, 4.69) is 22.0 Å². The minimum atomic E-state index is -0.719. The van der Waals surface area contributed by atoms with Crippen molar-refractivity contribution in [1.29, 1.82) is 0 Å². The fourth-order valence-corrected chi connectivity index (χ4v) is 3.60. The van der Waals surface area contributed by atoms with Gasteiger partial charge in [0.05, 0.1) is 6.54 Å². The molecule has 1 amide bonds. The molecule has 1 heterocycles. The minimum absolute atomic E-state index is 0.0298. The van der Waals surface area contributed by atoms with E-state index in [1.807, 2.05) is 31.2 Å². The lowest BCUT2D eigenvalue weighted by Crippen LogP contribution is -2.55. The zero-order valence-electron chi connectivity index (χ0n) is 17.6. The van der Waals surface area contributed by atoms with E-state index in [1.165, 1.54) is 6.07 Å². The molecular weight excluding hydrogens is 385 g/mol. The Morgan fingerprint density at radius 1 is 1.23 bits per heavy atom. The van der Waals surface area contributed by atoms with Crippen LogP contribution in [0.15, 0.2) is 48.5 Å². The third kappa shape index (κ3) is 6.52. The summed E-state index contributed by atoms with van der Waals surface area (Å²) in [6.07, 6.45) is -0.719. The highest BCUT2D eigenvalue weighted by Gasteiger charge is 2.26. The van der Waals surface area contributed by atoms with Gasteiger partial charge >= 0.3 is 0 Å². The number of benzene rings is 2. The number of nitrogens with one attached hydrogen (secondary N) is 1. The van der Waals surface area contributed by atoms with E-state index in [9.17, 15) is 14.3 Å². The number of halogens is 1. The van der Waals surface area contributed by atoms with Crippen LogP contribution in [0.5, 0.6) is 5.75 Å². The van der Waals surface area contributed by atoms with Gasteiger partial charge in [-0.2, -0.15) is 0 Å². The second-order valence-corrected chi connectivity index (χ2v) is 7.89. The van der Waals surface area contributed by atoms with Crippen LogP contribution < -0.4 is 10.1 Å². The lowest BCUT2D eigenvalue weighted by molar-refractivity contribution is -0.118. The van der Waals surface area contributed by atoms with Crippen molar-refractivity contribution in [3.05, 3.63) is 59.9 Å². The Bertz CT molecular complexity index is 831. The SMILES string of the molecule is Cc1ccc(NC(=O)CN2CCN(CC(O)COc3ccccc3F)C(C)C2)cc1. The van der Waals surface area contributed by atoms with E-state index in [0.717, 1.165) is 30.9 Å². The number of aliphatic hydroxyl groups excluding tert-OH is 1. The first-order valence-corrected chi connectivity index (χ1v) is 10.3. The summed E-state index contributed by atoms with van der Waals surface area (Å²) in [5.41, 5.74) is 1.95. The number of ether oxygens (including phenoxy) is 1. The lowest BCUT2D eigenvalue weighted by Gasteiger charge is -2.40. The molecule has 3 rings (SSSR count). The monoisotopic (exact) mass is 415 g/mol. The van der Waals surface area contributed by atoms with Gasteiger partial charge in [-0.1, -0.05) is 29.8 Å². The van der Waals surface area contributed by atoms with E-state index in [-0.39, 0.29) is 24.3 Å². The Morgan fingerprint density at radius 3 is 2.67 bits per heavy atom. The van der Waals surface area contributed by atoms with Crippen LogP contribution in [0.25, 0.3) is 0 Å². The number of rotatable bonds is 8. The standard InChI is InChI=1S/C23H30FN3O3/c1-17-7-9-19(10-8-17)25-23(29)15-26-11-12-27(18(2)13-26)14-20(28)16-30-22-6-4-3-5-21(22)24/h3-10,18,20,28H,11-16H2,1-2H3,(H,25,29). The average molecular weight is 416 g/mol. The van der Waals surface area contributed by atoms with Gasteiger partial charge in [0.15, 0.2) is 11.6 Å². The summed E-state index contributed by atoms with van der Waals surface area (Å²) in [5.74, 6) is -0.317. The van der Waals surface area contributed by atoms with Gasteiger partial charge in [-0.05, 0) is 38.1 Å². The number of anilines is 1. The molecule has 30 heavy (non-hydrogen) atoms. The second-order valence-electron chi connectivity index (χ2n) is 7.89. The number of aryl methyl sites for hydroxylation is 1. The molecule has 0 aromatic heterocycles. The summed E-state index contributed by atoms with van der Waals surface area (Å²) in [7, 11) is 0. The predicted octanol–water partition coefficient (Wildman–Crippen LogP) is 2.52. The van der Waals surface area contributed by atoms with Gasteiger partial charge in [0.2, 0.25) is 5.91 Å². The first kappa shape index (κ1) is 22.2. The molecule has 2 aromatic carbocycles. The highest BCUT2D eigenvalue weighted by Crippen LogP contribution is 2.16. The fourth-order valence-electron chi connectivity index (χ4n) is 3.60. The first-order valence-electron chi connectivity index (χ1n) is 10.3. The van der Waals surface area contributed by atoms with Crippen molar-refractivity contribution in [3.8, 4) is 5.75 Å². The number of para-hydroxylation sites is 1. The van der Waals surface area contributed by atoms with Gasteiger partial charge in [-0.15, -0.1) is 0 Å². The molecule has 0 saturated carbocycles. The number of piperazine rings is 1. The molecule has 162 valence electrons. The third-order valence-electron chi connectivity index (χ3n) is 5.26. The summed E-state index contributed by atoms with van der Waals surface area (Å²) >= 11 is 0. The molecular formula is C23H30FN3O3. The van der Waals surface area contributed by atoms with Gasteiger partial charge in [0.1, 0.15) is 12.7 Å². The number of amides is 1. The number of carbonyl (C=O) groups is 1. The van der Waals surface area contributed by atoms with Crippen molar-refractivity contribution in [2.45, 2.75) is 26.0 Å². The minimum Gasteiger partial charge on any atom is -0.488 e. The largest absolute Gasteiger partial charge is 0.488 e. The molecule has 2 aromatic rings. The molecule has 0 aliphatic carbocycles. The van der Waals surface area contributed by atoms with Crippen LogP contribution in [0.4, 0.5) is 10.1 Å². The highest BCUT2D eigenvalue weighted by atomic mass is 19.1.